The van der Waals surface area contributed by atoms with E-state index in [-0.39, 0.29) is 0 Å². The topological polar surface area (TPSA) is 52.0 Å². The molecule has 0 saturated heterocycles. The van der Waals surface area contributed by atoms with Gasteiger partial charge < -0.3 is 14.6 Å². The number of hydrogen-bond donors (Lipinski definition) is 1. The minimum atomic E-state index is 0.751. The maximum absolute atomic E-state index is 5.87. The Morgan fingerprint density at radius 2 is 1.73 bits per heavy atom. The Kier molecular flexibility index (Phi) is 4.27. The van der Waals surface area contributed by atoms with Crippen LogP contribution in [0, 0.1) is 0 Å². The van der Waals surface area contributed by atoms with Crippen LogP contribution in [0.5, 0.6) is 11.5 Å². The van der Waals surface area contributed by atoms with Gasteiger partial charge in [-0.15, -0.1) is 0 Å². The number of aryl methyl sites for hydroxylation is 2. The number of pyridine rings is 1. The minimum Gasteiger partial charge on any atom is -0.457 e. The molecule has 5 heteroatoms. The van der Waals surface area contributed by atoms with Crippen molar-refractivity contribution < 1.29 is 4.74 Å². The average Bonchev–Trinajstić information content (AvgIpc) is 2.98. The van der Waals surface area contributed by atoms with Crippen molar-refractivity contribution in [1.82, 2.24) is 14.5 Å². The summed E-state index contributed by atoms with van der Waals surface area (Å²) in [6.07, 6.45) is 4.45. The van der Waals surface area contributed by atoms with Crippen molar-refractivity contribution in [3.63, 3.8) is 0 Å². The van der Waals surface area contributed by atoms with E-state index < -0.39 is 0 Å². The van der Waals surface area contributed by atoms with Gasteiger partial charge in [0.1, 0.15) is 11.5 Å². The van der Waals surface area contributed by atoms with Gasteiger partial charge in [0.05, 0.1) is 11.0 Å². The van der Waals surface area contributed by atoms with Crippen LogP contribution in [-0.4, -0.2) is 14.5 Å². The molecular weight excluding hydrogens is 324 g/mol. The highest BCUT2D eigenvalue weighted by Gasteiger charge is 2.09. The van der Waals surface area contributed by atoms with E-state index in [0.717, 1.165) is 40.6 Å². The standard InChI is InChI=1S/C21H20N4O/c1-3-15-4-6-16(7-5-15)23-21-24-19-14-18(8-9-20(19)25(21)2)26-17-10-12-22-13-11-17/h4-14H,3H2,1-2H3,(H,23,24). The second kappa shape index (κ2) is 6.88. The van der Waals surface area contributed by atoms with Gasteiger partial charge in [-0.25, -0.2) is 4.98 Å². The molecule has 4 aromatic rings. The molecular formula is C21H20N4O. The number of fused-ring (bicyclic) bond motifs is 1. The molecule has 2 aromatic carbocycles. The summed E-state index contributed by atoms with van der Waals surface area (Å²) in [7, 11) is 2.00. The van der Waals surface area contributed by atoms with Gasteiger partial charge in [-0.2, -0.15) is 0 Å². The molecule has 2 heterocycles. The third-order valence-corrected chi connectivity index (χ3v) is 4.36. The Morgan fingerprint density at radius 1 is 0.962 bits per heavy atom. The van der Waals surface area contributed by atoms with E-state index in [9.17, 15) is 0 Å². The van der Waals surface area contributed by atoms with E-state index >= 15 is 0 Å². The molecule has 0 radical (unpaired) electrons. The normalized spacial score (nSPS) is 10.8. The minimum absolute atomic E-state index is 0.751. The van der Waals surface area contributed by atoms with Gasteiger partial charge in [0.15, 0.2) is 0 Å². The molecule has 0 amide bonds. The molecule has 26 heavy (non-hydrogen) atoms. The van der Waals surface area contributed by atoms with Gasteiger partial charge in [-0.3, -0.25) is 4.98 Å². The molecule has 0 saturated carbocycles. The van der Waals surface area contributed by atoms with Crippen molar-refractivity contribution in [3.05, 3.63) is 72.6 Å². The van der Waals surface area contributed by atoms with Crippen molar-refractivity contribution in [2.24, 2.45) is 7.05 Å². The Morgan fingerprint density at radius 3 is 2.46 bits per heavy atom. The van der Waals surface area contributed by atoms with Gasteiger partial charge in [-0.05, 0) is 48.4 Å². The summed E-state index contributed by atoms with van der Waals surface area (Å²) < 4.78 is 7.91. The van der Waals surface area contributed by atoms with Crippen LogP contribution in [0.15, 0.2) is 67.0 Å². The first-order chi connectivity index (χ1) is 12.7. The fraction of sp³-hybridized carbons (Fsp3) is 0.143. The lowest BCUT2D eigenvalue weighted by Gasteiger charge is -2.07. The second-order valence-electron chi connectivity index (χ2n) is 6.11. The Labute approximate surface area is 152 Å². The first kappa shape index (κ1) is 16.1. The van der Waals surface area contributed by atoms with Crippen LogP contribution in [0.4, 0.5) is 11.6 Å². The Hall–Kier alpha value is -3.34. The quantitative estimate of drug-likeness (QED) is 0.549. The van der Waals surface area contributed by atoms with Crippen molar-refractivity contribution in [3.8, 4) is 11.5 Å². The molecule has 5 nitrogen and oxygen atoms in total. The smallest absolute Gasteiger partial charge is 0.208 e. The molecule has 0 fully saturated rings. The summed E-state index contributed by atoms with van der Waals surface area (Å²) in [5.74, 6) is 2.30. The Bertz CT molecular complexity index is 1020. The number of aromatic nitrogens is 3. The molecule has 130 valence electrons. The zero-order valence-electron chi connectivity index (χ0n) is 14.8. The summed E-state index contributed by atoms with van der Waals surface area (Å²) in [6.45, 7) is 2.15. The van der Waals surface area contributed by atoms with Crippen molar-refractivity contribution >= 4 is 22.7 Å². The van der Waals surface area contributed by atoms with Crippen molar-refractivity contribution in [2.45, 2.75) is 13.3 Å². The summed E-state index contributed by atoms with van der Waals surface area (Å²) in [6, 6.07) is 18.0. The highest BCUT2D eigenvalue weighted by Crippen LogP contribution is 2.27. The lowest BCUT2D eigenvalue weighted by atomic mass is 10.1. The number of hydrogen-bond acceptors (Lipinski definition) is 4. The number of nitrogens with one attached hydrogen (secondary N) is 1. The highest BCUT2D eigenvalue weighted by atomic mass is 16.5. The molecule has 0 aliphatic heterocycles. The van der Waals surface area contributed by atoms with E-state index in [4.69, 9.17) is 9.72 Å². The van der Waals surface area contributed by atoms with Crippen LogP contribution in [-0.2, 0) is 13.5 Å². The van der Waals surface area contributed by atoms with Crippen LogP contribution in [0.25, 0.3) is 11.0 Å². The number of rotatable bonds is 5. The van der Waals surface area contributed by atoms with E-state index in [1.165, 1.54) is 5.56 Å². The molecule has 4 rings (SSSR count). The lowest BCUT2D eigenvalue weighted by Crippen LogP contribution is -1.99. The number of ether oxygens (including phenoxy) is 1. The number of anilines is 2. The van der Waals surface area contributed by atoms with Crippen LogP contribution in [0.2, 0.25) is 0 Å². The third kappa shape index (κ3) is 3.24. The second-order valence-corrected chi connectivity index (χ2v) is 6.11. The number of nitrogens with zero attached hydrogens (tertiary/aromatic N) is 3. The van der Waals surface area contributed by atoms with Gasteiger partial charge in [0, 0.05) is 31.2 Å². The van der Waals surface area contributed by atoms with Crippen LogP contribution >= 0.6 is 0 Å². The van der Waals surface area contributed by atoms with Crippen molar-refractivity contribution in [2.75, 3.05) is 5.32 Å². The van der Waals surface area contributed by atoms with E-state index in [1.807, 2.05) is 41.9 Å². The summed E-state index contributed by atoms with van der Waals surface area (Å²) in [5.41, 5.74) is 4.26. The third-order valence-electron chi connectivity index (χ3n) is 4.36. The first-order valence-corrected chi connectivity index (χ1v) is 8.63. The maximum Gasteiger partial charge on any atom is 0.208 e. The summed E-state index contributed by atoms with van der Waals surface area (Å²) in [4.78, 5) is 8.71. The van der Waals surface area contributed by atoms with Crippen LogP contribution in [0.3, 0.4) is 0 Å². The lowest BCUT2D eigenvalue weighted by molar-refractivity contribution is 0.482. The van der Waals surface area contributed by atoms with Crippen LogP contribution in [0.1, 0.15) is 12.5 Å². The van der Waals surface area contributed by atoms with Gasteiger partial charge in [0.25, 0.3) is 0 Å². The molecule has 0 bridgehead atoms. The van der Waals surface area contributed by atoms with E-state index in [2.05, 4.69) is 41.5 Å². The van der Waals surface area contributed by atoms with Crippen molar-refractivity contribution in [1.29, 1.82) is 0 Å². The fourth-order valence-electron chi connectivity index (χ4n) is 2.85. The zero-order chi connectivity index (χ0) is 17.9. The van der Waals surface area contributed by atoms with Crippen LogP contribution < -0.4 is 10.1 Å². The highest BCUT2D eigenvalue weighted by molar-refractivity contribution is 5.81. The fourth-order valence-corrected chi connectivity index (χ4v) is 2.85. The molecule has 0 aliphatic carbocycles. The zero-order valence-corrected chi connectivity index (χ0v) is 14.8. The first-order valence-electron chi connectivity index (χ1n) is 8.63. The molecule has 2 aromatic heterocycles. The number of imidazole rings is 1. The monoisotopic (exact) mass is 344 g/mol. The van der Waals surface area contributed by atoms with E-state index in [1.54, 1.807) is 12.4 Å². The van der Waals surface area contributed by atoms with Gasteiger partial charge >= 0.3 is 0 Å². The Balaban J connectivity index is 1.61. The number of benzene rings is 2. The molecule has 0 aliphatic rings. The maximum atomic E-state index is 5.87. The molecule has 0 atom stereocenters. The summed E-state index contributed by atoms with van der Waals surface area (Å²) >= 11 is 0. The van der Waals surface area contributed by atoms with Gasteiger partial charge in [0.2, 0.25) is 5.95 Å². The predicted molar refractivity (Wildman–Crippen MR) is 104 cm³/mol. The van der Waals surface area contributed by atoms with E-state index in [0.29, 0.717) is 0 Å². The summed E-state index contributed by atoms with van der Waals surface area (Å²) in [5, 5.41) is 3.38. The molecule has 0 unspecified atom stereocenters. The molecule has 0 spiro atoms. The largest absolute Gasteiger partial charge is 0.457 e. The average molecular weight is 344 g/mol. The predicted octanol–water partition coefficient (Wildman–Crippen LogP) is 5.07. The SMILES string of the molecule is CCc1ccc(Nc2nc3cc(Oc4ccncc4)ccc3n2C)cc1. The molecule has 1 N–H and O–H groups in total. The van der Waals surface area contributed by atoms with Gasteiger partial charge in [-0.1, -0.05) is 19.1 Å².